The Labute approximate surface area is 113 Å². The summed E-state index contributed by atoms with van der Waals surface area (Å²) >= 11 is 0. The molecule has 0 bridgehead atoms. The van der Waals surface area contributed by atoms with Crippen LogP contribution < -0.4 is 10.6 Å². The van der Waals surface area contributed by atoms with Crippen LogP contribution in [0.2, 0.25) is 0 Å². The van der Waals surface area contributed by atoms with E-state index in [1.807, 2.05) is 0 Å². The molecule has 0 aromatic heterocycles. The molecule has 1 aliphatic heterocycles. The van der Waals surface area contributed by atoms with E-state index in [0.717, 1.165) is 19.4 Å². The molecule has 5 heteroatoms. The second kappa shape index (κ2) is 5.84. The highest BCUT2D eigenvalue weighted by atomic mass is 19.1. The Morgan fingerprint density at radius 3 is 2.47 bits per heavy atom. The van der Waals surface area contributed by atoms with Crippen LogP contribution in [0.1, 0.15) is 18.4 Å². The van der Waals surface area contributed by atoms with Crippen LogP contribution in [0.15, 0.2) is 12.1 Å². The molecule has 1 saturated heterocycles. The van der Waals surface area contributed by atoms with Crippen LogP contribution in [-0.4, -0.2) is 38.1 Å². The van der Waals surface area contributed by atoms with Crippen LogP contribution in [0.25, 0.3) is 0 Å². The first-order chi connectivity index (χ1) is 9.02. The number of hydrogen-bond acceptors (Lipinski definition) is 3. The predicted octanol–water partition coefficient (Wildman–Crippen LogP) is 1.95. The van der Waals surface area contributed by atoms with Gasteiger partial charge in [0.2, 0.25) is 0 Å². The Bertz CT molecular complexity index is 427. The Hall–Kier alpha value is -1.20. The van der Waals surface area contributed by atoms with Crippen molar-refractivity contribution in [1.29, 1.82) is 0 Å². The molecule has 0 saturated carbocycles. The number of benzene rings is 1. The second-order valence-electron chi connectivity index (χ2n) is 5.27. The molecule has 1 aromatic rings. The van der Waals surface area contributed by atoms with Gasteiger partial charge in [0.25, 0.3) is 0 Å². The minimum Gasteiger partial charge on any atom is -0.368 e. The molecule has 0 radical (unpaired) electrons. The van der Waals surface area contributed by atoms with E-state index < -0.39 is 11.6 Å². The van der Waals surface area contributed by atoms with Gasteiger partial charge >= 0.3 is 0 Å². The van der Waals surface area contributed by atoms with Crippen molar-refractivity contribution in [3.05, 3.63) is 29.3 Å². The van der Waals surface area contributed by atoms with Gasteiger partial charge in [-0.3, -0.25) is 0 Å². The summed E-state index contributed by atoms with van der Waals surface area (Å²) in [5.41, 5.74) is 5.93. The predicted molar refractivity (Wildman–Crippen MR) is 73.2 cm³/mol. The molecular formula is C14H21F2N3. The fourth-order valence-corrected chi connectivity index (χ4v) is 2.72. The zero-order valence-electron chi connectivity index (χ0n) is 11.5. The summed E-state index contributed by atoms with van der Waals surface area (Å²) in [6, 6.07) is 2.98. The van der Waals surface area contributed by atoms with E-state index in [-0.39, 0.29) is 12.2 Å². The average Bonchev–Trinajstić information content (AvgIpc) is 2.74. The lowest BCUT2D eigenvalue weighted by atomic mass is 10.1. The van der Waals surface area contributed by atoms with Gasteiger partial charge in [-0.1, -0.05) is 0 Å². The first kappa shape index (κ1) is 14.2. The molecule has 0 amide bonds. The van der Waals surface area contributed by atoms with E-state index in [9.17, 15) is 8.78 Å². The van der Waals surface area contributed by atoms with Gasteiger partial charge in [-0.15, -0.1) is 0 Å². The molecule has 2 rings (SSSR count). The summed E-state index contributed by atoms with van der Waals surface area (Å²) in [5, 5.41) is 0. The van der Waals surface area contributed by atoms with Gasteiger partial charge < -0.3 is 15.5 Å². The Morgan fingerprint density at radius 2 is 2.00 bits per heavy atom. The number of nitrogens with two attached hydrogens (primary N) is 1. The van der Waals surface area contributed by atoms with Crippen molar-refractivity contribution in [3.63, 3.8) is 0 Å². The van der Waals surface area contributed by atoms with Crippen molar-refractivity contribution in [2.24, 2.45) is 5.73 Å². The van der Waals surface area contributed by atoms with Crippen LogP contribution in [0.3, 0.4) is 0 Å². The quantitative estimate of drug-likeness (QED) is 0.907. The van der Waals surface area contributed by atoms with Crippen molar-refractivity contribution < 1.29 is 8.78 Å². The van der Waals surface area contributed by atoms with E-state index in [4.69, 9.17) is 5.73 Å². The van der Waals surface area contributed by atoms with Gasteiger partial charge in [0.1, 0.15) is 17.3 Å². The number of likely N-dealkylation sites (tertiary alicyclic amines) is 1. The topological polar surface area (TPSA) is 32.5 Å². The molecule has 0 aliphatic carbocycles. The van der Waals surface area contributed by atoms with Crippen molar-refractivity contribution in [2.75, 3.05) is 32.1 Å². The molecule has 0 spiro atoms. The van der Waals surface area contributed by atoms with Crippen LogP contribution in [0, 0.1) is 11.6 Å². The Kier molecular flexibility index (Phi) is 4.37. The third kappa shape index (κ3) is 3.04. The molecule has 1 fully saturated rings. The highest BCUT2D eigenvalue weighted by molar-refractivity contribution is 5.50. The lowest BCUT2D eigenvalue weighted by Crippen LogP contribution is -2.37. The second-order valence-corrected chi connectivity index (χ2v) is 5.27. The van der Waals surface area contributed by atoms with Crippen LogP contribution in [0.4, 0.5) is 14.5 Å². The number of halogens is 2. The fourth-order valence-electron chi connectivity index (χ4n) is 2.72. The van der Waals surface area contributed by atoms with Crippen molar-refractivity contribution >= 4 is 5.69 Å². The molecule has 106 valence electrons. The van der Waals surface area contributed by atoms with Gasteiger partial charge in [0, 0.05) is 26.2 Å². The smallest absolute Gasteiger partial charge is 0.149 e. The molecular weight excluding hydrogens is 248 g/mol. The van der Waals surface area contributed by atoms with Crippen molar-refractivity contribution in [3.8, 4) is 0 Å². The maximum atomic E-state index is 14.0. The Morgan fingerprint density at radius 1 is 1.37 bits per heavy atom. The maximum Gasteiger partial charge on any atom is 0.149 e. The molecule has 1 atom stereocenters. The van der Waals surface area contributed by atoms with Crippen molar-refractivity contribution in [1.82, 2.24) is 4.90 Å². The Balaban J connectivity index is 2.16. The third-order valence-corrected chi connectivity index (χ3v) is 3.85. The fraction of sp³-hybridized carbons (Fsp3) is 0.571. The molecule has 1 aromatic carbocycles. The zero-order valence-corrected chi connectivity index (χ0v) is 11.5. The molecule has 3 nitrogen and oxygen atoms in total. The minimum absolute atomic E-state index is 0.0394. The summed E-state index contributed by atoms with van der Waals surface area (Å²) < 4.78 is 27.9. The van der Waals surface area contributed by atoms with Crippen LogP contribution in [0.5, 0.6) is 0 Å². The number of likely N-dealkylation sites (N-methyl/N-ethyl adjacent to an activating group) is 2. The van der Waals surface area contributed by atoms with E-state index in [0.29, 0.717) is 18.2 Å². The summed E-state index contributed by atoms with van der Waals surface area (Å²) in [6.45, 7) is 1.82. The highest BCUT2D eigenvalue weighted by Crippen LogP contribution is 2.26. The summed E-state index contributed by atoms with van der Waals surface area (Å²) in [5.74, 6) is -1.08. The number of anilines is 1. The number of hydrogen-bond donors (Lipinski definition) is 1. The third-order valence-electron chi connectivity index (χ3n) is 3.85. The molecule has 1 heterocycles. The summed E-state index contributed by atoms with van der Waals surface area (Å²) in [7, 11) is 3.78. The van der Waals surface area contributed by atoms with Gasteiger partial charge in [0.05, 0.1) is 0 Å². The van der Waals surface area contributed by atoms with E-state index >= 15 is 0 Å². The lowest BCUT2D eigenvalue weighted by Gasteiger charge is -2.28. The summed E-state index contributed by atoms with van der Waals surface area (Å²) in [4.78, 5) is 3.90. The van der Waals surface area contributed by atoms with Crippen LogP contribution in [-0.2, 0) is 6.54 Å². The molecule has 1 unspecified atom stereocenters. The minimum atomic E-state index is -0.538. The largest absolute Gasteiger partial charge is 0.368 e. The zero-order chi connectivity index (χ0) is 14.0. The SMILES string of the molecule is CN(CC1CCCN1C)c1c(F)cc(CN)cc1F. The number of nitrogens with zero attached hydrogens (tertiary/aromatic N) is 2. The van der Waals surface area contributed by atoms with E-state index in [2.05, 4.69) is 11.9 Å². The number of rotatable bonds is 4. The first-order valence-electron chi connectivity index (χ1n) is 6.62. The van der Waals surface area contributed by atoms with E-state index in [1.54, 1.807) is 11.9 Å². The molecule has 19 heavy (non-hydrogen) atoms. The van der Waals surface area contributed by atoms with Gasteiger partial charge in [0.15, 0.2) is 0 Å². The summed E-state index contributed by atoms with van der Waals surface area (Å²) in [6.07, 6.45) is 2.22. The molecule has 2 N–H and O–H groups in total. The van der Waals surface area contributed by atoms with Crippen molar-refractivity contribution in [2.45, 2.75) is 25.4 Å². The normalized spacial score (nSPS) is 19.9. The lowest BCUT2D eigenvalue weighted by molar-refractivity contribution is 0.313. The average molecular weight is 269 g/mol. The van der Waals surface area contributed by atoms with Gasteiger partial charge in [-0.05, 0) is 44.1 Å². The van der Waals surface area contributed by atoms with E-state index in [1.165, 1.54) is 12.1 Å². The van der Waals surface area contributed by atoms with Gasteiger partial charge in [-0.2, -0.15) is 0 Å². The standard InChI is InChI=1S/C14H21F2N3/c1-18-5-3-4-11(18)9-19(2)14-12(15)6-10(8-17)7-13(14)16/h6-7,11H,3-5,8-9,17H2,1-2H3. The van der Waals surface area contributed by atoms with Gasteiger partial charge in [-0.25, -0.2) is 8.78 Å². The molecule has 1 aliphatic rings. The first-order valence-corrected chi connectivity index (χ1v) is 6.62. The highest BCUT2D eigenvalue weighted by Gasteiger charge is 2.24. The van der Waals surface area contributed by atoms with Crippen LogP contribution >= 0.6 is 0 Å². The maximum absolute atomic E-state index is 14.0. The monoisotopic (exact) mass is 269 g/mol.